The average Bonchev–Trinajstić information content (AvgIpc) is 4.09. The van der Waals surface area contributed by atoms with E-state index in [1.165, 1.54) is 66.0 Å². The van der Waals surface area contributed by atoms with Crippen molar-refractivity contribution in [2.45, 2.75) is 0 Å². The molecule has 12 aromatic rings. The highest BCUT2D eigenvalue weighted by molar-refractivity contribution is 7.21. The Balaban J connectivity index is 0.996. The van der Waals surface area contributed by atoms with Crippen molar-refractivity contribution in [2.24, 2.45) is 0 Å². The van der Waals surface area contributed by atoms with E-state index < -0.39 is 0 Å². The number of hydrogen-bond donors (Lipinski definition) is 0. The first-order valence-electron chi connectivity index (χ1n) is 19.5. The van der Waals surface area contributed by atoms with Crippen LogP contribution in [0.2, 0.25) is 0 Å². The maximum absolute atomic E-state index is 6.58. The van der Waals surface area contributed by atoms with Gasteiger partial charge in [-0.05, 0) is 106 Å². The molecule has 0 N–H and O–H groups in total. The third-order valence-electron chi connectivity index (χ3n) is 11.4. The smallest absolute Gasteiger partial charge is 0.205 e. The number of hydrogen-bond acceptors (Lipinski definition) is 3. The number of nitrogens with zero attached hydrogens (tertiary/aromatic N) is 3. The van der Waals surface area contributed by atoms with E-state index in [1.54, 1.807) is 11.3 Å². The molecule has 0 bridgehead atoms. The Hall–Kier alpha value is -7.47. The number of furan rings is 1. The summed E-state index contributed by atoms with van der Waals surface area (Å²) >= 11 is 1.65. The van der Waals surface area contributed by atoms with E-state index in [0.717, 1.165) is 43.6 Å². The van der Waals surface area contributed by atoms with Gasteiger partial charge in [-0.15, -0.1) is 11.3 Å². The Bertz CT molecular complexity index is 3420. The molecule has 8 aromatic carbocycles. The Labute approximate surface area is 338 Å². The van der Waals surface area contributed by atoms with Crippen molar-refractivity contribution >= 4 is 65.2 Å². The summed E-state index contributed by atoms with van der Waals surface area (Å²) in [6.45, 7) is 0. The first kappa shape index (κ1) is 32.7. The number of para-hydroxylation sites is 3. The minimum atomic E-state index is 0.772. The van der Waals surface area contributed by atoms with Gasteiger partial charge in [0.05, 0.1) is 32.3 Å². The summed E-state index contributed by atoms with van der Waals surface area (Å²) in [5, 5.41) is 5.69. The molecule has 4 aromatic heterocycles. The highest BCUT2D eigenvalue weighted by Gasteiger charge is 2.19. The van der Waals surface area contributed by atoms with Crippen molar-refractivity contribution in [3.8, 4) is 55.7 Å². The van der Waals surface area contributed by atoms with E-state index >= 15 is 0 Å². The number of thiazole rings is 1. The van der Waals surface area contributed by atoms with Crippen LogP contribution in [0.3, 0.4) is 0 Å². The van der Waals surface area contributed by atoms with Gasteiger partial charge in [0.15, 0.2) is 10.8 Å². The summed E-state index contributed by atoms with van der Waals surface area (Å²) in [4.78, 5) is 4.85. The molecule has 4 nitrogen and oxygen atoms in total. The van der Waals surface area contributed by atoms with Gasteiger partial charge in [-0.3, -0.25) is 4.57 Å². The SMILES string of the molecule is c1ccc(-c2cc(-c3ccccc3)cc(-n3c4ccccc4c4cc(-c5ccc6c(c5)c5ccccc5n6-c5ccc(-c6nc7ccccc7s6)o5)ccc43)c2)cc1. The third kappa shape index (κ3) is 5.25. The van der Waals surface area contributed by atoms with Gasteiger partial charge in [-0.25, -0.2) is 4.98 Å². The fourth-order valence-electron chi connectivity index (χ4n) is 8.70. The summed E-state index contributed by atoms with van der Waals surface area (Å²) in [5.41, 5.74) is 13.8. The lowest BCUT2D eigenvalue weighted by Gasteiger charge is -2.14. The van der Waals surface area contributed by atoms with Crippen molar-refractivity contribution in [3.05, 3.63) is 200 Å². The zero-order chi connectivity index (χ0) is 38.2. The van der Waals surface area contributed by atoms with Gasteiger partial charge in [-0.2, -0.15) is 0 Å². The van der Waals surface area contributed by atoms with Gasteiger partial charge in [-0.1, -0.05) is 121 Å². The predicted octanol–water partition coefficient (Wildman–Crippen LogP) is 14.8. The van der Waals surface area contributed by atoms with E-state index in [1.807, 2.05) is 24.3 Å². The minimum Gasteiger partial charge on any atom is -0.437 e. The monoisotopic (exact) mass is 759 g/mol. The number of fused-ring (bicyclic) bond motifs is 7. The fourth-order valence-corrected chi connectivity index (χ4v) is 9.62. The Morgan fingerprint density at radius 1 is 0.379 bits per heavy atom. The molecule has 58 heavy (non-hydrogen) atoms. The summed E-state index contributed by atoms with van der Waals surface area (Å²) < 4.78 is 12.4. The van der Waals surface area contributed by atoms with E-state index in [9.17, 15) is 0 Å². The molecule has 5 heteroatoms. The molecule has 0 spiro atoms. The van der Waals surface area contributed by atoms with Crippen molar-refractivity contribution in [1.29, 1.82) is 0 Å². The van der Waals surface area contributed by atoms with Gasteiger partial charge in [0.1, 0.15) is 0 Å². The molecule has 0 aliphatic carbocycles. The molecule has 0 saturated heterocycles. The standard InChI is InChI=1S/C53H33N3OS/c1-3-13-34(14-4-1)38-29-39(35-15-5-2-6-16-35)31-40(30-38)55-46-20-10-7-17-41(46)43-32-36(23-25-48(43)55)37-24-26-49-44(33-37)42-18-8-11-21-47(42)56(49)52-28-27-50(57-52)53-54-45-19-9-12-22-51(45)58-53/h1-33H. The van der Waals surface area contributed by atoms with Gasteiger partial charge in [0, 0.05) is 33.3 Å². The van der Waals surface area contributed by atoms with Gasteiger partial charge >= 0.3 is 0 Å². The van der Waals surface area contributed by atoms with Crippen LogP contribution in [0.25, 0.3) is 110 Å². The zero-order valence-corrected chi connectivity index (χ0v) is 32.0. The normalized spacial score (nSPS) is 11.8. The topological polar surface area (TPSA) is 35.9 Å². The first-order chi connectivity index (χ1) is 28.7. The van der Waals surface area contributed by atoms with E-state index in [2.05, 4.69) is 185 Å². The van der Waals surface area contributed by atoms with Crippen LogP contribution in [0.4, 0.5) is 0 Å². The largest absolute Gasteiger partial charge is 0.437 e. The molecule has 272 valence electrons. The molecule has 0 saturated carbocycles. The lowest BCUT2D eigenvalue weighted by Crippen LogP contribution is -1.96. The maximum Gasteiger partial charge on any atom is 0.205 e. The molecule has 0 fully saturated rings. The lowest BCUT2D eigenvalue weighted by molar-refractivity contribution is 0.560. The van der Waals surface area contributed by atoms with Gasteiger partial charge in [0.2, 0.25) is 5.88 Å². The van der Waals surface area contributed by atoms with Gasteiger partial charge in [0.25, 0.3) is 0 Å². The molecular weight excluding hydrogens is 727 g/mol. The van der Waals surface area contributed by atoms with Crippen molar-refractivity contribution in [2.75, 3.05) is 0 Å². The Morgan fingerprint density at radius 2 is 0.914 bits per heavy atom. The summed E-state index contributed by atoms with van der Waals surface area (Å²) in [6, 6.07) is 71.7. The Morgan fingerprint density at radius 3 is 1.55 bits per heavy atom. The third-order valence-corrected chi connectivity index (χ3v) is 12.4. The number of aromatic nitrogens is 3. The van der Waals surface area contributed by atoms with Crippen LogP contribution in [0, 0.1) is 0 Å². The van der Waals surface area contributed by atoms with Crippen LogP contribution in [-0.4, -0.2) is 14.1 Å². The van der Waals surface area contributed by atoms with Crippen LogP contribution in [-0.2, 0) is 0 Å². The first-order valence-corrected chi connectivity index (χ1v) is 20.3. The predicted molar refractivity (Wildman–Crippen MR) is 242 cm³/mol. The second-order valence-corrected chi connectivity index (χ2v) is 15.8. The molecule has 0 aliphatic rings. The summed E-state index contributed by atoms with van der Waals surface area (Å²) in [7, 11) is 0. The number of benzene rings is 8. The Kier molecular flexibility index (Phi) is 7.37. The highest BCUT2D eigenvalue weighted by atomic mass is 32.1. The van der Waals surface area contributed by atoms with E-state index in [4.69, 9.17) is 9.40 Å². The molecule has 0 aliphatic heterocycles. The molecule has 4 heterocycles. The van der Waals surface area contributed by atoms with Crippen LogP contribution in [0.1, 0.15) is 0 Å². The zero-order valence-electron chi connectivity index (χ0n) is 31.2. The van der Waals surface area contributed by atoms with E-state index in [0.29, 0.717) is 0 Å². The molecular formula is C53H33N3OS. The molecule has 0 atom stereocenters. The lowest BCUT2D eigenvalue weighted by atomic mass is 9.98. The van der Waals surface area contributed by atoms with Crippen molar-refractivity contribution in [1.82, 2.24) is 14.1 Å². The van der Waals surface area contributed by atoms with Crippen LogP contribution in [0.5, 0.6) is 0 Å². The van der Waals surface area contributed by atoms with Crippen LogP contribution < -0.4 is 0 Å². The van der Waals surface area contributed by atoms with E-state index in [-0.39, 0.29) is 0 Å². The minimum absolute atomic E-state index is 0.772. The quantitative estimate of drug-likeness (QED) is 0.169. The van der Waals surface area contributed by atoms with Crippen LogP contribution >= 0.6 is 11.3 Å². The number of rotatable bonds is 6. The fraction of sp³-hybridized carbons (Fsp3) is 0. The molecule has 12 rings (SSSR count). The van der Waals surface area contributed by atoms with Crippen molar-refractivity contribution < 1.29 is 4.42 Å². The molecule has 0 amide bonds. The average molecular weight is 760 g/mol. The van der Waals surface area contributed by atoms with Crippen LogP contribution in [0.15, 0.2) is 205 Å². The molecule has 0 radical (unpaired) electrons. The van der Waals surface area contributed by atoms with Gasteiger partial charge < -0.3 is 8.98 Å². The summed E-state index contributed by atoms with van der Waals surface area (Å²) in [6.07, 6.45) is 0. The second kappa shape index (κ2) is 13.1. The van der Waals surface area contributed by atoms with Crippen molar-refractivity contribution in [3.63, 3.8) is 0 Å². The second-order valence-electron chi connectivity index (χ2n) is 14.8. The summed E-state index contributed by atoms with van der Waals surface area (Å²) in [5.74, 6) is 1.54. The maximum atomic E-state index is 6.58. The molecule has 0 unspecified atom stereocenters. The highest BCUT2D eigenvalue weighted by Crippen LogP contribution is 2.41.